The SMILES string of the molecule is CCOC(=O)c1c(C)[nH]c(C(=O)N(C)Cc2cc(C)ccc2OC)c1C. The number of benzene rings is 1. The van der Waals surface area contributed by atoms with Crippen molar-refractivity contribution in [1.29, 1.82) is 0 Å². The average Bonchev–Trinajstić information content (AvgIpc) is 2.89. The number of rotatable bonds is 6. The first-order valence-electron chi connectivity index (χ1n) is 8.55. The minimum atomic E-state index is -0.416. The monoisotopic (exact) mass is 358 g/mol. The summed E-state index contributed by atoms with van der Waals surface area (Å²) in [5, 5.41) is 0. The average molecular weight is 358 g/mol. The number of aryl methyl sites for hydroxylation is 2. The molecule has 0 aliphatic rings. The van der Waals surface area contributed by atoms with Gasteiger partial charge in [-0.2, -0.15) is 0 Å². The maximum absolute atomic E-state index is 12.9. The number of esters is 1. The number of nitrogens with zero attached hydrogens (tertiary/aromatic N) is 1. The van der Waals surface area contributed by atoms with E-state index in [4.69, 9.17) is 9.47 Å². The zero-order chi connectivity index (χ0) is 19.4. The number of hydrogen-bond acceptors (Lipinski definition) is 4. The number of aromatic amines is 1. The van der Waals surface area contributed by atoms with Crippen molar-refractivity contribution in [2.24, 2.45) is 0 Å². The van der Waals surface area contributed by atoms with Gasteiger partial charge in [0.05, 0.1) is 19.3 Å². The van der Waals surface area contributed by atoms with Crippen molar-refractivity contribution in [3.05, 3.63) is 51.8 Å². The van der Waals surface area contributed by atoms with Crippen LogP contribution in [0.4, 0.5) is 0 Å². The second-order valence-electron chi connectivity index (χ2n) is 6.32. The summed E-state index contributed by atoms with van der Waals surface area (Å²) in [7, 11) is 3.34. The third-order valence-corrected chi connectivity index (χ3v) is 4.32. The van der Waals surface area contributed by atoms with Gasteiger partial charge in [-0.15, -0.1) is 0 Å². The third kappa shape index (κ3) is 3.90. The van der Waals surface area contributed by atoms with Gasteiger partial charge in [-0.25, -0.2) is 4.79 Å². The first-order valence-corrected chi connectivity index (χ1v) is 8.55. The fourth-order valence-electron chi connectivity index (χ4n) is 3.02. The lowest BCUT2D eigenvalue weighted by molar-refractivity contribution is 0.0525. The number of carbonyl (C=O) groups is 2. The summed E-state index contributed by atoms with van der Waals surface area (Å²) in [4.78, 5) is 29.7. The Balaban J connectivity index is 2.28. The highest BCUT2D eigenvalue weighted by Gasteiger charge is 2.25. The van der Waals surface area contributed by atoms with Gasteiger partial charge < -0.3 is 19.4 Å². The Morgan fingerprint density at radius 2 is 1.88 bits per heavy atom. The molecule has 0 aliphatic carbocycles. The van der Waals surface area contributed by atoms with E-state index in [-0.39, 0.29) is 5.91 Å². The van der Waals surface area contributed by atoms with Crippen LogP contribution in [0, 0.1) is 20.8 Å². The van der Waals surface area contributed by atoms with Crippen molar-refractivity contribution in [3.8, 4) is 5.75 Å². The van der Waals surface area contributed by atoms with Crippen molar-refractivity contribution >= 4 is 11.9 Å². The van der Waals surface area contributed by atoms with E-state index in [1.807, 2.05) is 25.1 Å². The second kappa shape index (κ2) is 8.08. The van der Waals surface area contributed by atoms with E-state index in [0.717, 1.165) is 16.9 Å². The van der Waals surface area contributed by atoms with Crippen LogP contribution in [0.15, 0.2) is 18.2 Å². The van der Waals surface area contributed by atoms with Crippen LogP contribution in [0.1, 0.15) is 50.2 Å². The summed E-state index contributed by atoms with van der Waals surface area (Å²) in [6.07, 6.45) is 0. The molecule has 1 N–H and O–H groups in total. The molecule has 0 saturated carbocycles. The van der Waals surface area contributed by atoms with Gasteiger partial charge >= 0.3 is 5.97 Å². The summed E-state index contributed by atoms with van der Waals surface area (Å²) in [5.74, 6) is 0.132. The molecule has 2 aromatic rings. The zero-order valence-corrected chi connectivity index (χ0v) is 16.2. The highest BCUT2D eigenvalue weighted by atomic mass is 16.5. The number of carbonyl (C=O) groups excluding carboxylic acids is 2. The highest BCUT2D eigenvalue weighted by Crippen LogP contribution is 2.24. The van der Waals surface area contributed by atoms with E-state index >= 15 is 0 Å². The number of methoxy groups -OCH3 is 1. The van der Waals surface area contributed by atoms with Gasteiger partial charge in [-0.05, 0) is 39.3 Å². The lowest BCUT2D eigenvalue weighted by atomic mass is 10.1. The molecule has 1 amide bonds. The third-order valence-electron chi connectivity index (χ3n) is 4.32. The van der Waals surface area contributed by atoms with E-state index in [9.17, 15) is 9.59 Å². The van der Waals surface area contributed by atoms with Gasteiger partial charge in [0.2, 0.25) is 0 Å². The maximum Gasteiger partial charge on any atom is 0.340 e. The first kappa shape index (κ1) is 19.6. The van der Waals surface area contributed by atoms with Crippen LogP contribution in [-0.4, -0.2) is 42.5 Å². The van der Waals surface area contributed by atoms with Crippen LogP contribution in [0.5, 0.6) is 5.75 Å². The molecule has 140 valence electrons. The molecule has 0 spiro atoms. The quantitative estimate of drug-likeness (QED) is 0.804. The van der Waals surface area contributed by atoms with Gasteiger partial charge in [0.25, 0.3) is 5.91 Å². The number of hydrogen-bond donors (Lipinski definition) is 1. The Labute approximate surface area is 154 Å². The minimum absolute atomic E-state index is 0.190. The standard InChI is InChI=1S/C20H26N2O4/c1-7-26-20(24)17-13(3)18(21-14(17)4)19(23)22(5)11-15-10-12(2)8-9-16(15)25-6/h8-10,21H,7,11H2,1-6H3. The molecule has 1 heterocycles. The van der Waals surface area contributed by atoms with Gasteiger partial charge in [-0.1, -0.05) is 17.7 Å². The molecule has 0 aliphatic heterocycles. The summed E-state index contributed by atoms with van der Waals surface area (Å²) < 4.78 is 10.5. The van der Waals surface area contributed by atoms with E-state index in [0.29, 0.717) is 35.7 Å². The van der Waals surface area contributed by atoms with Gasteiger partial charge in [0.15, 0.2) is 0 Å². The number of nitrogens with one attached hydrogen (secondary N) is 1. The van der Waals surface area contributed by atoms with Crippen LogP contribution in [0.2, 0.25) is 0 Å². The van der Waals surface area contributed by atoms with Crippen LogP contribution in [-0.2, 0) is 11.3 Å². The Morgan fingerprint density at radius 1 is 1.19 bits per heavy atom. The van der Waals surface area contributed by atoms with E-state index in [1.54, 1.807) is 39.8 Å². The molecule has 1 aromatic carbocycles. The van der Waals surface area contributed by atoms with E-state index < -0.39 is 5.97 Å². The summed E-state index contributed by atoms with van der Waals surface area (Å²) in [6, 6.07) is 5.86. The molecule has 0 radical (unpaired) electrons. The number of aromatic nitrogens is 1. The minimum Gasteiger partial charge on any atom is -0.496 e. The summed E-state index contributed by atoms with van der Waals surface area (Å²) in [5.41, 5.74) is 4.09. The van der Waals surface area contributed by atoms with Crippen molar-refractivity contribution < 1.29 is 19.1 Å². The smallest absolute Gasteiger partial charge is 0.340 e. The first-order chi connectivity index (χ1) is 12.3. The van der Waals surface area contributed by atoms with Crippen LogP contribution in [0.25, 0.3) is 0 Å². The molecular weight excluding hydrogens is 332 g/mol. The predicted octanol–water partition coefficient (Wildman–Crippen LogP) is 3.40. The van der Waals surface area contributed by atoms with E-state index in [2.05, 4.69) is 4.98 Å². The van der Waals surface area contributed by atoms with Crippen molar-refractivity contribution in [2.75, 3.05) is 20.8 Å². The Bertz CT molecular complexity index is 823. The van der Waals surface area contributed by atoms with Crippen LogP contribution < -0.4 is 4.74 Å². The second-order valence-corrected chi connectivity index (χ2v) is 6.32. The highest BCUT2D eigenvalue weighted by molar-refractivity contribution is 6.00. The Morgan fingerprint density at radius 3 is 2.50 bits per heavy atom. The van der Waals surface area contributed by atoms with E-state index in [1.165, 1.54) is 0 Å². The lowest BCUT2D eigenvalue weighted by Gasteiger charge is -2.19. The molecule has 0 bridgehead atoms. The van der Waals surface area contributed by atoms with Gasteiger partial charge in [-0.3, -0.25) is 4.79 Å². The molecule has 6 heteroatoms. The summed E-state index contributed by atoms with van der Waals surface area (Å²) >= 11 is 0. The van der Waals surface area contributed by atoms with Gasteiger partial charge in [0.1, 0.15) is 11.4 Å². The molecule has 1 aromatic heterocycles. The molecular formula is C20H26N2O4. The fourth-order valence-corrected chi connectivity index (χ4v) is 3.02. The van der Waals surface area contributed by atoms with Crippen molar-refractivity contribution in [2.45, 2.75) is 34.2 Å². The molecule has 0 atom stereocenters. The van der Waals surface area contributed by atoms with Crippen LogP contribution >= 0.6 is 0 Å². The fraction of sp³-hybridized carbons (Fsp3) is 0.400. The topological polar surface area (TPSA) is 71.6 Å². The maximum atomic E-state index is 12.9. The molecule has 0 saturated heterocycles. The summed E-state index contributed by atoms with van der Waals surface area (Å²) in [6.45, 7) is 7.96. The Hall–Kier alpha value is -2.76. The molecule has 2 rings (SSSR count). The van der Waals surface area contributed by atoms with Crippen molar-refractivity contribution in [3.63, 3.8) is 0 Å². The number of ether oxygens (including phenoxy) is 2. The predicted molar refractivity (Wildman–Crippen MR) is 99.8 cm³/mol. The number of H-pyrrole nitrogens is 1. The molecule has 0 unspecified atom stereocenters. The molecule has 0 fully saturated rings. The normalized spacial score (nSPS) is 10.5. The van der Waals surface area contributed by atoms with Crippen molar-refractivity contribution in [1.82, 2.24) is 9.88 Å². The molecule has 26 heavy (non-hydrogen) atoms. The van der Waals surface area contributed by atoms with Crippen LogP contribution in [0.3, 0.4) is 0 Å². The number of amides is 1. The largest absolute Gasteiger partial charge is 0.496 e. The lowest BCUT2D eigenvalue weighted by Crippen LogP contribution is -2.27. The zero-order valence-electron chi connectivity index (χ0n) is 16.2. The van der Waals surface area contributed by atoms with Gasteiger partial charge in [0, 0.05) is 24.8 Å². The molecule has 6 nitrogen and oxygen atoms in total. The Kier molecular flexibility index (Phi) is 6.08.